The van der Waals surface area contributed by atoms with E-state index in [1.165, 1.54) is 37.1 Å². The molecule has 0 amide bonds. The molecule has 178 valence electrons. The fourth-order valence-electron chi connectivity index (χ4n) is 5.78. The van der Waals surface area contributed by atoms with Crippen LogP contribution in [0, 0.1) is 19.3 Å². The topological polar surface area (TPSA) is 17.3 Å². The number of benzene rings is 1. The number of allylic oxidation sites excluding steroid dienone is 4. The average molecular weight is 527 g/mol. The van der Waals surface area contributed by atoms with Crippen molar-refractivity contribution in [3.8, 4) is 0 Å². The zero-order valence-electron chi connectivity index (χ0n) is 20.7. The van der Waals surface area contributed by atoms with Crippen molar-refractivity contribution in [3.05, 3.63) is 66.4 Å². The third-order valence-electron chi connectivity index (χ3n) is 7.59. The molecule has 2 fully saturated rings. The Morgan fingerprint density at radius 2 is 1.62 bits per heavy atom. The van der Waals surface area contributed by atoms with Gasteiger partial charge in [-0.15, -0.1) is 13.1 Å². The van der Waals surface area contributed by atoms with Crippen LogP contribution in [0.2, 0.25) is 18.6 Å². The molecular weight excluding hydrogens is 487 g/mol. The first-order valence-electron chi connectivity index (χ1n) is 11.5. The minimum absolute atomic E-state index is 0. The number of rotatable bonds is 3. The molecule has 1 aromatic rings. The normalized spacial score (nSPS) is 25.7. The predicted molar refractivity (Wildman–Crippen MR) is 142 cm³/mol. The molecule has 2 aliphatic carbocycles. The Hall–Kier alpha value is 0.131. The first-order chi connectivity index (χ1) is 14.7. The van der Waals surface area contributed by atoms with Gasteiger partial charge in [0, 0.05) is 0 Å². The van der Waals surface area contributed by atoms with Crippen molar-refractivity contribution >= 4 is 32.4 Å². The van der Waals surface area contributed by atoms with Gasteiger partial charge in [-0.2, -0.15) is 0 Å². The van der Waals surface area contributed by atoms with Crippen LogP contribution in [-0.2, 0) is 22.4 Å². The quantitative estimate of drug-likeness (QED) is 0.287. The van der Waals surface area contributed by atoms with E-state index in [-0.39, 0.29) is 12.8 Å². The average Bonchev–Trinajstić information content (AvgIpc) is 3.20. The number of halogens is 2. The van der Waals surface area contributed by atoms with Crippen LogP contribution in [0.15, 0.2) is 42.5 Å². The van der Waals surface area contributed by atoms with Crippen molar-refractivity contribution in [2.45, 2.75) is 57.7 Å². The number of nitrogens with zero attached hydrogens (tertiary/aromatic N) is 2. The van der Waals surface area contributed by atoms with E-state index in [2.05, 4.69) is 86.2 Å². The second-order valence-corrected chi connectivity index (χ2v) is 17.8. The van der Waals surface area contributed by atoms with Crippen LogP contribution in [0.3, 0.4) is 0 Å². The zero-order valence-corrected chi connectivity index (χ0v) is 24.7. The molecule has 32 heavy (non-hydrogen) atoms. The number of hydrogen-bond donors (Lipinski definition) is 0. The van der Waals surface area contributed by atoms with Crippen LogP contribution < -0.4 is 0 Å². The Labute approximate surface area is 215 Å². The third kappa shape index (κ3) is 6.42. The summed E-state index contributed by atoms with van der Waals surface area (Å²) in [6.45, 7) is 16.6. The van der Waals surface area contributed by atoms with Gasteiger partial charge in [0.2, 0.25) is 0 Å². The Morgan fingerprint density at radius 1 is 1.03 bits per heavy atom. The van der Waals surface area contributed by atoms with Crippen molar-refractivity contribution < 1.29 is 17.0 Å². The van der Waals surface area contributed by atoms with Gasteiger partial charge in [0.15, 0.2) is 0 Å². The summed E-state index contributed by atoms with van der Waals surface area (Å²) in [6.07, 6.45) is 10.0. The number of piperazine rings is 1. The summed E-state index contributed by atoms with van der Waals surface area (Å²) >= 11 is -0.556. The molecule has 4 rings (SSSR count). The van der Waals surface area contributed by atoms with Crippen LogP contribution in [0.4, 0.5) is 0 Å². The number of fused-ring (bicyclic) bond motifs is 1. The molecule has 0 spiro atoms. The van der Waals surface area contributed by atoms with Crippen LogP contribution in [-0.4, -0.2) is 39.0 Å². The van der Waals surface area contributed by atoms with E-state index in [1.807, 2.05) is 0 Å². The molecule has 6 heteroatoms. The van der Waals surface area contributed by atoms with Crippen LogP contribution >= 0.6 is 18.6 Å². The van der Waals surface area contributed by atoms with Gasteiger partial charge in [0.05, 0.1) is 0 Å². The molecule has 2 nitrogen and oxygen atoms in total. The van der Waals surface area contributed by atoms with Crippen molar-refractivity contribution in [2.75, 3.05) is 26.2 Å². The van der Waals surface area contributed by atoms with Gasteiger partial charge in [-0.3, -0.25) is 0 Å². The Balaban J connectivity index is 0.000000860. The molecule has 1 aliphatic heterocycles. The van der Waals surface area contributed by atoms with Crippen molar-refractivity contribution in [3.63, 3.8) is 0 Å². The minimum atomic E-state index is -1.45. The van der Waals surface area contributed by atoms with Gasteiger partial charge in [0.1, 0.15) is 8.24 Å². The van der Waals surface area contributed by atoms with E-state index in [4.69, 9.17) is 18.6 Å². The van der Waals surface area contributed by atoms with Crippen LogP contribution in [0.1, 0.15) is 44.7 Å². The van der Waals surface area contributed by atoms with Gasteiger partial charge in [0.25, 0.3) is 0 Å². The molecule has 1 saturated heterocycles. The summed E-state index contributed by atoms with van der Waals surface area (Å²) in [7, 11) is 8.33. The van der Waals surface area contributed by atoms with Gasteiger partial charge in [-0.25, -0.2) is 0 Å². The SMILES string of the molecule is CC(C)(C)c1ccc(C2=CC=CC3C2CCC3[Si](C)(C)N2CC[N-]CC2)cc1.[CH3-].[Cl][Ti][Cl]. The van der Waals surface area contributed by atoms with Crippen molar-refractivity contribution in [2.24, 2.45) is 11.8 Å². The van der Waals surface area contributed by atoms with E-state index in [9.17, 15) is 0 Å². The molecule has 1 saturated carbocycles. The van der Waals surface area contributed by atoms with Gasteiger partial charge in [-0.05, 0) is 59.0 Å². The molecule has 3 aliphatic rings. The zero-order chi connectivity index (χ0) is 22.6. The summed E-state index contributed by atoms with van der Waals surface area (Å²) in [5.41, 5.74) is 5.52. The first-order valence-corrected chi connectivity index (χ1v) is 18.9. The van der Waals surface area contributed by atoms with Gasteiger partial charge in [-0.1, -0.05) is 82.8 Å². The van der Waals surface area contributed by atoms with Crippen molar-refractivity contribution in [1.29, 1.82) is 0 Å². The molecule has 3 unspecified atom stereocenters. The molecule has 0 aromatic heterocycles. The molecular formula is C26H40Cl2N2SiTi-2. The summed E-state index contributed by atoms with van der Waals surface area (Å²) in [4.78, 5) is 0. The van der Waals surface area contributed by atoms with Gasteiger partial charge < -0.3 is 17.3 Å². The maximum absolute atomic E-state index is 4.89. The fourth-order valence-corrected chi connectivity index (χ4v) is 9.76. The summed E-state index contributed by atoms with van der Waals surface area (Å²) in [5, 5.41) is 4.58. The second-order valence-electron chi connectivity index (χ2n) is 10.6. The molecule has 0 radical (unpaired) electrons. The Kier molecular flexibility index (Phi) is 10.8. The van der Waals surface area contributed by atoms with E-state index >= 15 is 0 Å². The predicted octanol–water partition coefficient (Wildman–Crippen LogP) is 8.05. The van der Waals surface area contributed by atoms with E-state index in [0.717, 1.165) is 24.5 Å². The summed E-state index contributed by atoms with van der Waals surface area (Å²) < 4.78 is 2.84. The standard InChI is InChI=1S/C25H37N2Si.CH3.2ClH.Ti/c1-25(2,3)20-11-9-19(10-12-20)21-7-6-8-23-22(21)13-14-24(23)28(4,5)27-17-15-26-16-18-27;;;;/h6-12,22-24H,13-18H2,1-5H3;1H3;2*1H;/q2*-1;;;+2/p-2. The second kappa shape index (κ2) is 12.2. The summed E-state index contributed by atoms with van der Waals surface area (Å²) in [5.74, 6) is 1.43. The molecule has 1 aromatic carbocycles. The van der Waals surface area contributed by atoms with E-state index in [1.54, 1.807) is 5.57 Å². The maximum atomic E-state index is 4.89. The van der Waals surface area contributed by atoms with Crippen LogP contribution in [0.5, 0.6) is 0 Å². The molecule has 0 N–H and O–H groups in total. The first kappa shape index (κ1) is 28.4. The fraction of sp³-hybridized carbons (Fsp3) is 0.577. The Morgan fingerprint density at radius 3 is 2.19 bits per heavy atom. The van der Waals surface area contributed by atoms with Gasteiger partial charge >= 0.3 is 35.6 Å². The Bertz CT molecular complexity index is 780. The van der Waals surface area contributed by atoms with E-state index in [0.29, 0.717) is 5.92 Å². The molecule has 3 atom stereocenters. The molecule has 1 heterocycles. The molecule has 0 bridgehead atoms. The van der Waals surface area contributed by atoms with E-state index < -0.39 is 25.3 Å². The number of hydrogen-bond acceptors (Lipinski definition) is 1. The van der Waals surface area contributed by atoms with Crippen molar-refractivity contribution in [1.82, 2.24) is 4.57 Å². The summed E-state index contributed by atoms with van der Waals surface area (Å²) in [6, 6.07) is 9.41. The monoisotopic (exact) mass is 526 g/mol. The third-order valence-corrected chi connectivity index (χ3v) is 12.2. The van der Waals surface area contributed by atoms with Crippen LogP contribution in [0.25, 0.3) is 10.9 Å².